The average Bonchev–Trinajstić information content (AvgIpc) is 3.23. The molecule has 0 saturated carbocycles. The molecule has 1 atom stereocenters. The van der Waals surface area contributed by atoms with Crippen LogP contribution in [-0.2, 0) is 17.8 Å². The molecule has 0 spiro atoms. The maximum atomic E-state index is 12.8. The summed E-state index contributed by atoms with van der Waals surface area (Å²) in [5, 5.41) is 7.87. The van der Waals surface area contributed by atoms with E-state index in [1.807, 2.05) is 10.9 Å². The fourth-order valence-electron chi connectivity index (χ4n) is 3.74. The van der Waals surface area contributed by atoms with Crippen LogP contribution in [0.5, 0.6) is 0 Å². The van der Waals surface area contributed by atoms with E-state index < -0.39 is 5.92 Å². The summed E-state index contributed by atoms with van der Waals surface area (Å²) in [4.78, 5) is 24.3. The highest BCUT2D eigenvalue weighted by Crippen LogP contribution is 2.39. The number of carbonyl (C=O) groups excluding carboxylic acids is 1. The summed E-state index contributed by atoms with van der Waals surface area (Å²) in [7, 11) is 0. The van der Waals surface area contributed by atoms with Crippen molar-refractivity contribution in [1.29, 1.82) is 0 Å². The van der Waals surface area contributed by atoms with E-state index in [-0.39, 0.29) is 17.1 Å². The third-order valence-corrected chi connectivity index (χ3v) is 5.65. The van der Waals surface area contributed by atoms with Gasteiger partial charge >= 0.3 is 0 Å². The predicted molar refractivity (Wildman–Crippen MR) is 115 cm³/mol. The third kappa shape index (κ3) is 3.79. The summed E-state index contributed by atoms with van der Waals surface area (Å²) in [6.07, 6.45) is 5.81. The Morgan fingerprint density at radius 1 is 1.30 bits per heavy atom. The van der Waals surface area contributed by atoms with E-state index >= 15 is 0 Å². The third-order valence-electron chi connectivity index (χ3n) is 5.35. The molecule has 0 saturated heterocycles. The van der Waals surface area contributed by atoms with E-state index in [4.69, 9.17) is 18.2 Å². The van der Waals surface area contributed by atoms with Gasteiger partial charge in [0.2, 0.25) is 5.91 Å². The van der Waals surface area contributed by atoms with E-state index in [2.05, 4.69) is 39.1 Å². The van der Waals surface area contributed by atoms with Crippen molar-refractivity contribution in [3.05, 3.63) is 64.5 Å². The normalized spacial score (nSPS) is 15.3. The first kappa shape index (κ1) is 20.0. The number of nitrogens with zero attached hydrogens (tertiary/aromatic N) is 5. The first-order valence-electron chi connectivity index (χ1n) is 9.62. The molecular formula is C22H21ClN6O. The quantitative estimate of drug-likeness (QED) is 0.611. The molecule has 1 aliphatic rings. The summed E-state index contributed by atoms with van der Waals surface area (Å²) >= 11 is 6.44. The Balaban J connectivity index is 1.59. The second-order valence-electron chi connectivity index (χ2n) is 8.32. The number of anilines is 1. The predicted octanol–water partition coefficient (Wildman–Crippen LogP) is 4.87. The van der Waals surface area contributed by atoms with E-state index in [0.29, 0.717) is 10.8 Å². The Labute approximate surface area is 179 Å². The van der Waals surface area contributed by atoms with Gasteiger partial charge in [-0.3, -0.25) is 9.48 Å². The van der Waals surface area contributed by atoms with Crippen molar-refractivity contribution < 1.29 is 4.79 Å². The monoisotopic (exact) mass is 420 g/mol. The SMILES string of the molecule is [C-]#[N+]c1cc([C@H](C)C(=O)Nc2cc(-c3cnn4c3CC(C)(C)C4)c(Cl)cn2)ccn1. The van der Waals surface area contributed by atoms with Crippen molar-refractivity contribution in [3.8, 4) is 11.1 Å². The molecule has 1 amide bonds. The number of amides is 1. The Bertz CT molecular complexity index is 1180. The second-order valence-corrected chi connectivity index (χ2v) is 8.73. The lowest BCUT2D eigenvalue weighted by atomic mass is 9.89. The van der Waals surface area contributed by atoms with Crippen LogP contribution in [0.15, 0.2) is 36.8 Å². The van der Waals surface area contributed by atoms with Gasteiger partial charge < -0.3 is 10.2 Å². The number of hydrogen-bond donors (Lipinski definition) is 1. The summed E-state index contributed by atoms with van der Waals surface area (Å²) < 4.78 is 2.02. The van der Waals surface area contributed by atoms with Crippen molar-refractivity contribution in [2.45, 2.75) is 39.7 Å². The van der Waals surface area contributed by atoms with Gasteiger partial charge in [0.1, 0.15) is 12.0 Å². The average molecular weight is 421 g/mol. The number of carbonyl (C=O) groups is 1. The fraction of sp³-hybridized carbons (Fsp3) is 0.318. The van der Waals surface area contributed by atoms with Crippen LogP contribution in [0.4, 0.5) is 11.6 Å². The Kier molecular flexibility index (Phi) is 5.04. The molecule has 0 radical (unpaired) electrons. The van der Waals surface area contributed by atoms with Crippen molar-refractivity contribution in [1.82, 2.24) is 19.7 Å². The fourth-order valence-corrected chi connectivity index (χ4v) is 3.94. The van der Waals surface area contributed by atoms with Gasteiger partial charge in [-0.15, -0.1) is 4.98 Å². The van der Waals surface area contributed by atoms with Gasteiger partial charge in [-0.1, -0.05) is 32.0 Å². The molecule has 3 aromatic heterocycles. The Morgan fingerprint density at radius 3 is 2.87 bits per heavy atom. The second kappa shape index (κ2) is 7.54. The standard InChI is InChI=1S/C22H21ClN6O/c1-13(14-5-6-25-19(7-14)24-4)21(30)28-20-8-15(17(23)11-26-20)16-10-27-29-12-22(2,3)9-18(16)29/h5-8,10-11,13H,9,12H2,1-3H3,(H,26,28,30)/t13-/m0/s1. The van der Waals surface area contributed by atoms with Gasteiger partial charge in [-0.05, 0) is 42.5 Å². The minimum absolute atomic E-state index is 0.152. The van der Waals surface area contributed by atoms with Crippen molar-refractivity contribution in [2.75, 3.05) is 5.32 Å². The molecular weight excluding hydrogens is 400 g/mol. The number of nitrogens with one attached hydrogen (secondary N) is 1. The lowest BCUT2D eigenvalue weighted by Crippen LogP contribution is -2.19. The van der Waals surface area contributed by atoms with Gasteiger partial charge in [-0.2, -0.15) is 5.10 Å². The lowest BCUT2D eigenvalue weighted by molar-refractivity contribution is -0.117. The van der Waals surface area contributed by atoms with Crippen molar-refractivity contribution in [3.63, 3.8) is 0 Å². The lowest BCUT2D eigenvalue weighted by Gasteiger charge is -2.15. The number of pyridine rings is 2. The number of hydrogen-bond acceptors (Lipinski definition) is 4. The molecule has 1 N–H and O–H groups in total. The smallest absolute Gasteiger partial charge is 0.269 e. The minimum atomic E-state index is -0.462. The van der Waals surface area contributed by atoms with Crippen LogP contribution in [-0.4, -0.2) is 25.7 Å². The van der Waals surface area contributed by atoms with Crippen molar-refractivity contribution >= 4 is 29.1 Å². The van der Waals surface area contributed by atoms with Crippen LogP contribution in [0.3, 0.4) is 0 Å². The van der Waals surface area contributed by atoms with Gasteiger partial charge in [0, 0.05) is 29.6 Å². The number of rotatable bonds is 4. The van der Waals surface area contributed by atoms with Crippen LogP contribution < -0.4 is 5.32 Å². The maximum absolute atomic E-state index is 12.8. The van der Waals surface area contributed by atoms with Crippen molar-refractivity contribution in [2.24, 2.45) is 5.41 Å². The molecule has 0 aliphatic carbocycles. The molecule has 0 unspecified atom stereocenters. The highest BCUT2D eigenvalue weighted by molar-refractivity contribution is 6.33. The summed E-state index contributed by atoms with van der Waals surface area (Å²) in [6, 6.07) is 5.14. The highest BCUT2D eigenvalue weighted by atomic mass is 35.5. The number of halogens is 1. The van der Waals surface area contributed by atoms with E-state index in [1.165, 1.54) is 6.20 Å². The van der Waals surface area contributed by atoms with Crippen LogP contribution in [0.25, 0.3) is 16.0 Å². The van der Waals surface area contributed by atoms with Gasteiger partial charge in [0.25, 0.3) is 5.82 Å². The summed E-state index contributed by atoms with van der Waals surface area (Å²) in [5.74, 6) is -0.00477. The summed E-state index contributed by atoms with van der Waals surface area (Å²) in [5.41, 5.74) is 3.78. The van der Waals surface area contributed by atoms with Crippen LogP contribution >= 0.6 is 11.6 Å². The molecule has 7 nitrogen and oxygen atoms in total. The molecule has 30 heavy (non-hydrogen) atoms. The zero-order valence-electron chi connectivity index (χ0n) is 17.0. The van der Waals surface area contributed by atoms with Crippen LogP contribution in [0.2, 0.25) is 5.02 Å². The van der Waals surface area contributed by atoms with E-state index in [9.17, 15) is 4.79 Å². The highest BCUT2D eigenvalue weighted by Gasteiger charge is 2.32. The largest absolute Gasteiger partial charge is 0.361 e. The maximum Gasteiger partial charge on any atom is 0.269 e. The number of aromatic nitrogens is 4. The first-order valence-corrected chi connectivity index (χ1v) is 10.00. The molecule has 0 bridgehead atoms. The van der Waals surface area contributed by atoms with E-state index in [1.54, 1.807) is 31.3 Å². The van der Waals surface area contributed by atoms with Gasteiger partial charge in [0.05, 0.1) is 17.1 Å². The Morgan fingerprint density at radius 2 is 2.10 bits per heavy atom. The zero-order chi connectivity index (χ0) is 21.5. The Hall–Kier alpha value is -3.24. The molecule has 152 valence electrons. The molecule has 8 heteroatoms. The summed E-state index contributed by atoms with van der Waals surface area (Å²) in [6.45, 7) is 14.2. The zero-order valence-corrected chi connectivity index (χ0v) is 17.7. The molecule has 4 rings (SSSR count). The van der Waals surface area contributed by atoms with E-state index in [0.717, 1.165) is 35.3 Å². The first-order chi connectivity index (χ1) is 14.3. The molecule has 1 aliphatic heterocycles. The minimum Gasteiger partial charge on any atom is -0.361 e. The van der Waals surface area contributed by atoms with Gasteiger partial charge in [0.15, 0.2) is 0 Å². The van der Waals surface area contributed by atoms with Crippen LogP contribution in [0.1, 0.15) is 37.9 Å². The topological polar surface area (TPSA) is 77.1 Å². The number of fused-ring (bicyclic) bond motifs is 1. The molecule has 4 heterocycles. The van der Waals surface area contributed by atoms with Gasteiger partial charge in [-0.25, -0.2) is 4.98 Å². The van der Waals surface area contributed by atoms with Crippen LogP contribution in [0, 0.1) is 12.0 Å². The molecule has 0 fully saturated rings. The molecule has 0 aromatic carbocycles. The molecule has 3 aromatic rings.